The summed E-state index contributed by atoms with van der Waals surface area (Å²) in [6.07, 6.45) is 4.76. The zero-order valence-electron chi connectivity index (χ0n) is 9.46. The predicted molar refractivity (Wildman–Crippen MR) is 67.3 cm³/mol. The molecule has 0 amide bonds. The Morgan fingerprint density at radius 1 is 1.18 bits per heavy atom. The van der Waals surface area contributed by atoms with E-state index in [0.29, 0.717) is 5.65 Å². The number of hydrogen-bond acceptors (Lipinski definition) is 4. The van der Waals surface area contributed by atoms with Crippen molar-refractivity contribution in [1.82, 2.24) is 19.9 Å². The van der Waals surface area contributed by atoms with Gasteiger partial charge in [-0.25, -0.2) is 15.0 Å². The zero-order valence-corrected chi connectivity index (χ0v) is 9.46. The van der Waals surface area contributed by atoms with E-state index in [-0.39, 0.29) is 0 Å². The maximum atomic E-state index is 5.52. The van der Waals surface area contributed by atoms with Crippen molar-refractivity contribution in [3.63, 3.8) is 0 Å². The molecular formula is C12H13N5. The number of para-hydroxylation sites is 1. The van der Waals surface area contributed by atoms with Crippen molar-refractivity contribution in [2.75, 3.05) is 5.73 Å². The van der Waals surface area contributed by atoms with Gasteiger partial charge in [0.15, 0.2) is 5.65 Å². The molecular weight excluding hydrogens is 214 g/mol. The number of nitrogen functional groups attached to an aromatic ring is 1. The molecule has 17 heavy (non-hydrogen) atoms. The fourth-order valence-corrected chi connectivity index (χ4v) is 1.28. The molecule has 0 aliphatic heterocycles. The Kier molecular flexibility index (Phi) is 3.30. The van der Waals surface area contributed by atoms with Gasteiger partial charge < -0.3 is 10.7 Å². The van der Waals surface area contributed by atoms with Gasteiger partial charge in [0.05, 0.1) is 12.5 Å². The van der Waals surface area contributed by atoms with E-state index < -0.39 is 0 Å². The lowest BCUT2D eigenvalue weighted by atomic mass is 10.2. The van der Waals surface area contributed by atoms with Gasteiger partial charge in [-0.3, -0.25) is 0 Å². The van der Waals surface area contributed by atoms with Crippen molar-refractivity contribution < 1.29 is 0 Å². The number of nitrogens with zero attached hydrogens (tertiary/aromatic N) is 3. The highest BCUT2D eigenvalue weighted by Crippen LogP contribution is 2.06. The average molecular weight is 227 g/mol. The van der Waals surface area contributed by atoms with Crippen molar-refractivity contribution in [2.45, 2.75) is 6.92 Å². The molecule has 5 nitrogen and oxygen atoms in total. The van der Waals surface area contributed by atoms with Crippen LogP contribution >= 0.6 is 0 Å². The summed E-state index contributed by atoms with van der Waals surface area (Å²) in [6, 6.07) is 7.80. The molecule has 0 fully saturated rings. The molecule has 0 unspecified atom stereocenters. The normalized spacial score (nSPS) is 9.71. The van der Waals surface area contributed by atoms with Crippen LogP contribution in [0.4, 0.5) is 5.69 Å². The highest BCUT2D eigenvalue weighted by molar-refractivity contribution is 5.67. The minimum absolute atomic E-state index is 0.713. The van der Waals surface area contributed by atoms with Crippen LogP contribution in [-0.2, 0) is 0 Å². The largest absolute Gasteiger partial charge is 0.399 e. The van der Waals surface area contributed by atoms with Crippen LogP contribution in [0.3, 0.4) is 0 Å². The van der Waals surface area contributed by atoms with Gasteiger partial charge >= 0.3 is 0 Å². The van der Waals surface area contributed by atoms with Crippen molar-refractivity contribution >= 4 is 16.9 Å². The Labute approximate surface area is 98.7 Å². The number of imidazole rings is 1. The molecule has 0 saturated heterocycles. The number of aryl methyl sites for hydroxylation is 1. The average Bonchev–Trinajstić information content (AvgIpc) is 2.82. The SMILES string of the molecule is Cc1ccccc1N.c1ncc2[nH]cnc2n1. The van der Waals surface area contributed by atoms with E-state index in [1.54, 1.807) is 12.5 Å². The highest BCUT2D eigenvalue weighted by atomic mass is 15.0. The van der Waals surface area contributed by atoms with Gasteiger partial charge in [-0.1, -0.05) is 18.2 Å². The predicted octanol–water partition coefficient (Wildman–Crippen LogP) is 1.93. The second kappa shape index (κ2) is 5.07. The van der Waals surface area contributed by atoms with Crippen molar-refractivity contribution in [1.29, 1.82) is 0 Å². The lowest BCUT2D eigenvalue weighted by molar-refractivity contribution is 1.20. The number of aromatic amines is 1. The molecule has 0 saturated carbocycles. The first-order chi connectivity index (χ1) is 8.27. The minimum Gasteiger partial charge on any atom is -0.399 e. The number of nitrogens with one attached hydrogen (secondary N) is 1. The molecule has 2 heterocycles. The Bertz CT molecular complexity index is 551. The van der Waals surface area contributed by atoms with E-state index in [9.17, 15) is 0 Å². The van der Waals surface area contributed by atoms with Crippen LogP contribution in [0, 0.1) is 6.92 Å². The molecule has 0 spiro atoms. The smallest absolute Gasteiger partial charge is 0.180 e. The summed E-state index contributed by atoms with van der Waals surface area (Å²) >= 11 is 0. The first-order valence-corrected chi connectivity index (χ1v) is 5.17. The summed E-state index contributed by atoms with van der Waals surface area (Å²) in [6.45, 7) is 2.00. The van der Waals surface area contributed by atoms with Crippen LogP contribution in [0.15, 0.2) is 43.1 Å². The van der Waals surface area contributed by atoms with Gasteiger partial charge in [-0.05, 0) is 18.6 Å². The monoisotopic (exact) mass is 227 g/mol. The number of fused-ring (bicyclic) bond motifs is 1. The first-order valence-electron chi connectivity index (χ1n) is 5.17. The van der Waals surface area contributed by atoms with E-state index in [4.69, 9.17) is 5.73 Å². The summed E-state index contributed by atoms with van der Waals surface area (Å²) < 4.78 is 0. The molecule has 3 rings (SSSR count). The van der Waals surface area contributed by atoms with Gasteiger partial charge in [0, 0.05) is 5.69 Å². The van der Waals surface area contributed by atoms with E-state index >= 15 is 0 Å². The maximum Gasteiger partial charge on any atom is 0.180 e. The molecule has 3 aromatic rings. The second-order valence-electron chi connectivity index (χ2n) is 3.52. The van der Waals surface area contributed by atoms with Crippen LogP contribution in [-0.4, -0.2) is 19.9 Å². The molecule has 2 aromatic heterocycles. The van der Waals surface area contributed by atoms with Gasteiger partial charge in [-0.2, -0.15) is 0 Å². The zero-order chi connectivity index (χ0) is 12.1. The fourth-order valence-electron chi connectivity index (χ4n) is 1.28. The van der Waals surface area contributed by atoms with E-state index in [0.717, 1.165) is 16.8 Å². The van der Waals surface area contributed by atoms with Crippen molar-refractivity contribution in [3.8, 4) is 0 Å². The summed E-state index contributed by atoms with van der Waals surface area (Å²) in [5, 5.41) is 0. The number of nitrogens with two attached hydrogens (primary N) is 1. The Hall–Kier alpha value is -2.43. The van der Waals surface area contributed by atoms with E-state index in [2.05, 4.69) is 19.9 Å². The number of H-pyrrole nitrogens is 1. The Balaban J connectivity index is 0.000000128. The van der Waals surface area contributed by atoms with Crippen LogP contribution in [0.5, 0.6) is 0 Å². The summed E-state index contributed by atoms with van der Waals surface area (Å²) in [5.41, 5.74) is 9.12. The lowest BCUT2D eigenvalue weighted by Gasteiger charge is -1.93. The lowest BCUT2D eigenvalue weighted by Crippen LogP contribution is -1.85. The number of anilines is 1. The highest BCUT2D eigenvalue weighted by Gasteiger charge is 1.91. The third kappa shape index (κ3) is 2.78. The summed E-state index contributed by atoms with van der Waals surface area (Å²) in [7, 11) is 0. The number of hydrogen-bond donors (Lipinski definition) is 2. The quantitative estimate of drug-likeness (QED) is 0.575. The van der Waals surface area contributed by atoms with E-state index in [1.165, 1.54) is 6.33 Å². The molecule has 86 valence electrons. The molecule has 1 aromatic carbocycles. The Morgan fingerprint density at radius 2 is 2.00 bits per heavy atom. The number of aromatic nitrogens is 4. The summed E-state index contributed by atoms with van der Waals surface area (Å²) in [5.74, 6) is 0. The molecule has 0 aliphatic rings. The second-order valence-corrected chi connectivity index (χ2v) is 3.52. The minimum atomic E-state index is 0.713. The molecule has 0 atom stereocenters. The van der Waals surface area contributed by atoms with Gasteiger partial charge in [0.25, 0.3) is 0 Å². The van der Waals surface area contributed by atoms with E-state index in [1.807, 2.05) is 31.2 Å². The van der Waals surface area contributed by atoms with Crippen LogP contribution in [0.1, 0.15) is 5.56 Å². The third-order valence-electron chi connectivity index (χ3n) is 2.29. The fraction of sp³-hybridized carbons (Fsp3) is 0.0833. The number of rotatable bonds is 0. The van der Waals surface area contributed by atoms with Crippen molar-refractivity contribution in [3.05, 3.63) is 48.7 Å². The van der Waals surface area contributed by atoms with Gasteiger partial charge in [-0.15, -0.1) is 0 Å². The van der Waals surface area contributed by atoms with Crippen LogP contribution in [0.2, 0.25) is 0 Å². The molecule has 0 aliphatic carbocycles. The molecule has 5 heteroatoms. The summed E-state index contributed by atoms with van der Waals surface area (Å²) in [4.78, 5) is 14.5. The van der Waals surface area contributed by atoms with Crippen molar-refractivity contribution in [2.24, 2.45) is 0 Å². The third-order valence-corrected chi connectivity index (χ3v) is 2.29. The van der Waals surface area contributed by atoms with Crippen LogP contribution in [0.25, 0.3) is 11.2 Å². The molecule has 0 radical (unpaired) electrons. The van der Waals surface area contributed by atoms with Gasteiger partial charge in [0.2, 0.25) is 0 Å². The molecule has 0 bridgehead atoms. The van der Waals surface area contributed by atoms with Crippen LogP contribution < -0.4 is 5.73 Å². The standard InChI is InChI=1S/C7H9N.C5H4N4/c1-6-4-2-3-5-7(6)8;1-4-5(8-2-6-1)9-3-7-4/h2-5H,8H2,1H3;1-3H,(H,6,7,8,9). The molecule has 3 N–H and O–H groups in total. The topological polar surface area (TPSA) is 80.5 Å². The van der Waals surface area contributed by atoms with Gasteiger partial charge in [0.1, 0.15) is 11.8 Å². The first kappa shape index (κ1) is 11.1. The maximum absolute atomic E-state index is 5.52. The number of benzene rings is 1. The Morgan fingerprint density at radius 3 is 2.65 bits per heavy atom.